The fraction of sp³-hybridized carbons (Fsp3) is 0.476. The molecule has 1 aliphatic heterocycles. The van der Waals surface area contributed by atoms with Crippen LogP contribution in [0.25, 0.3) is 0 Å². The van der Waals surface area contributed by atoms with Crippen LogP contribution in [0.5, 0.6) is 5.75 Å². The van der Waals surface area contributed by atoms with Gasteiger partial charge in [-0.1, -0.05) is 25.1 Å². The summed E-state index contributed by atoms with van der Waals surface area (Å²) in [5, 5.41) is 9.92. The van der Waals surface area contributed by atoms with Crippen molar-refractivity contribution in [2.75, 3.05) is 18.5 Å². The second-order valence-electron chi connectivity index (χ2n) is 7.98. The van der Waals surface area contributed by atoms with Crippen LogP contribution in [0.4, 0.5) is 10.6 Å². The first-order valence-electron chi connectivity index (χ1n) is 9.81. The molecule has 3 rings (SSSR count). The third kappa shape index (κ3) is 5.28. The highest BCUT2D eigenvalue weighted by Crippen LogP contribution is 2.25. The number of carbonyl (C=O) groups is 2. The number of aryl methyl sites for hydroxylation is 1. The molecular formula is C21H28N4O4. The lowest BCUT2D eigenvalue weighted by molar-refractivity contribution is -0.118. The molecule has 0 saturated carbocycles. The zero-order valence-electron chi connectivity index (χ0n) is 17.4. The zero-order valence-corrected chi connectivity index (χ0v) is 17.4. The summed E-state index contributed by atoms with van der Waals surface area (Å²) in [5.41, 5.74) is 2.22. The van der Waals surface area contributed by atoms with Crippen LogP contribution < -0.4 is 10.1 Å². The van der Waals surface area contributed by atoms with Crippen molar-refractivity contribution in [3.05, 3.63) is 41.1 Å². The Kier molecular flexibility index (Phi) is 6.10. The Hall–Kier alpha value is -3.03. The summed E-state index contributed by atoms with van der Waals surface area (Å²) in [4.78, 5) is 26.2. The van der Waals surface area contributed by atoms with Crippen LogP contribution in [-0.2, 0) is 28.9 Å². The third-order valence-electron chi connectivity index (χ3n) is 4.56. The number of nitrogens with zero attached hydrogens (tertiary/aromatic N) is 2. The minimum absolute atomic E-state index is 0.0946. The van der Waals surface area contributed by atoms with Crippen molar-refractivity contribution in [1.29, 1.82) is 0 Å². The van der Waals surface area contributed by atoms with E-state index in [4.69, 9.17) is 9.47 Å². The number of rotatable bonds is 5. The Morgan fingerprint density at radius 2 is 2.03 bits per heavy atom. The molecule has 0 aliphatic carbocycles. The molecule has 1 aliphatic rings. The lowest BCUT2D eigenvalue weighted by atomic mass is 10.1. The summed E-state index contributed by atoms with van der Waals surface area (Å²) >= 11 is 0. The van der Waals surface area contributed by atoms with Crippen LogP contribution in [0.3, 0.4) is 0 Å². The molecular weight excluding hydrogens is 372 g/mol. The van der Waals surface area contributed by atoms with E-state index in [1.807, 2.05) is 52.0 Å². The number of para-hydroxylation sites is 1. The Labute approximate surface area is 170 Å². The van der Waals surface area contributed by atoms with E-state index in [0.29, 0.717) is 31.1 Å². The number of hydrogen-bond donors (Lipinski definition) is 2. The zero-order chi connectivity index (χ0) is 21.0. The van der Waals surface area contributed by atoms with Crippen LogP contribution >= 0.6 is 0 Å². The predicted octanol–water partition coefficient (Wildman–Crippen LogP) is 3.28. The molecule has 8 nitrogen and oxygen atoms in total. The van der Waals surface area contributed by atoms with Gasteiger partial charge in [0.25, 0.3) is 5.91 Å². The van der Waals surface area contributed by atoms with Crippen LogP contribution in [0.15, 0.2) is 24.3 Å². The lowest BCUT2D eigenvalue weighted by Crippen LogP contribution is -2.40. The number of ether oxygens (including phenoxy) is 2. The summed E-state index contributed by atoms with van der Waals surface area (Å²) in [5.74, 6) is 0.920. The lowest BCUT2D eigenvalue weighted by Gasteiger charge is -2.29. The van der Waals surface area contributed by atoms with Crippen LogP contribution in [0.1, 0.15) is 44.5 Å². The molecule has 1 aromatic heterocycles. The first-order valence-corrected chi connectivity index (χ1v) is 9.81. The van der Waals surface area contributed by atoms with Gasteiger partial charge in [0, 0.05) is 12.1 Å². The van der Waals surface area contributed by atoms with Crippen molar-refractivity contribution < 1.29 is 19.1 Å². The highest BCUT2D eigenvalue weighted by Gasteiger charge is 2.28. The first kappa shape index (κ1) is 20.7. The molecule has 0 radical (unpaired) electrons. The van der Waals surface area contributed by atoms with Crippen molar-refractivity contribution >= 4 is 17.8 Å². The number of fused-ring (bicyclic) bond motifs is 1. The Morgan fingerprint density at radius 1 is 1.28 bits per heavy atom. The average molecular weight is 400 g/mol. The van der Waals surface area contributed by atoms with Gasteiger partial charge >= 0.3 is 6.09 Å². The summed E-state index contributed by atoms with van der Waals surface area (Å²) < 4.78 is 11.1. The van der Waals surface area contributed by atoms with E-state index in [1.165, 1.54) is 0 Å². The quantitative estimate of drug-likeness (QED) is 0.803. The van der Waals surface area contributed by atoms with Gasteiger partial charge in [0.05, 0.1) is 12.2 Å². The summed E-state index contributed by atoms with van der Waals surface area (Å²) in [6.07, 6.45) is 1.06. The van der Waals surface area contributed by atoms with E-state index in [1.54, 1.807) is 4.90 Å². The molecule has 0 fully saturated rings. The van der Waals surface area contributed by atoms with Crippen molar-refractivity contribution in [2.24, 2.45) is 0 Å². The fourth-order valence-electron chi connectivity index (χ4n) is 3.15. The molecule has 0 spiro atoms. The van der Waals surface area contributed by atoms with Gasteiger partial charge in [-0.25, -0.2) is 4.79 Å². The van der Waals surface area contributed by atoms with Crippen molar-refractivity contribution in [3.63, 3.8) is 0 Å². The van der Waals surface area contributed by atoms with Crippen molar-refractivity contribution in [3.8, 4) is 5.75 Å². The topological polar surface area (TPSA) is 96.5 Å². The molecule has 2 N–H and O–H groups in total. The van der Waals surface area contributed by atoms with Crippen LogP contribution in [-0.4, -0.2) is 45.9 Å². The molecule has 29 heavy (non-hydrogen) atoms. The van der Waals surface area contributed by atoms with Crippen LogP contribution in [0.2, 0.25) is 0 Å². The van der Waals surface area contributed by atoms with Gasteiger partial charge in [-0.3, -0.25) is 9.89 Å². The third-order valence-corrected chi connectivity index (χ3v) is 4.56. The van der Waals surface area contributed by atoms with Gasteiger partial charge in [-0.2, -0.15) is 5.10 Å². The van der Waals surface area contributed by atoms with Crippen molar-refractivity contribution in [1.82, 2.24) is 15.1 Å². The molecule has 0 atom stereocenters. The number of aromatic nitrogens is 2. The van der Waals surface area contributed by atoms with Gasteiger partial charge in [-0.15, -0.1) is 0 Å². The largest absolute Gasteiger partial charge is 0.483 e. The number of anilines is 1. The van der Waals surface area contributed by atoms with E-state index in [9.17, 15) is 9.59 Å². The van der Waals surface area contributed by atoms with E-state index in [-0.39, 0.29) is 18.6 Å². The number of benzene rings is 1. The minimum atomic E-state index is -0.541. The van der Waals surface area contributed by atoms with Gasteiger partial charge in [-0.05, 0) is 45.2 Å². The second-order valence-corrected chi connectivity index (χ2v) is 7.98. The Bertz CT molecular complexity index is 885. The van der Waals surface area contributed by atoms with Crippen LogP contribution in [0, 0.1) is 0 Å². The number of carbonyl (C=O) groups excluding carboxylic acids is 2. The highest BCUT2D eigenvalue weighted by atomic mass is 16.6. The van der Waals surface area contributed by atoms with E-state index < -0.39 is 5.60 Å². The highest BCUT2D eigenvalue weighted by molar-refractivity contribution is 5.91. The molecule has 0 unspecified atom stereocenters. The minimum Gasteiger partial charge on any atom is -0.483 e. The molecule has 0 saturated heterocycles. The Morgan fingerprint density at radius 3 is 2.76 bits per heavy atom. The monoisotopic (exact) mass is 400 g/mol. The summed E-state index contributed by atoms with van der Waals surface area (Å²) in [6.45, 7) is 8.33. The van der Waals surface area contributed by atoms with Crippen molar-refractivity contribution in [2.45, 2.75) is 52.7 Å². The van der Waals surface area contributed by atoms with E-state index in [2.05, 4.69) is 15.5 Å². The molecule has 156 valence electrons. The summed E-state index contributed by atoms with van der Waals surface area (Å²) in [6, 6.07) is 7.66. The predicted molar refractivity (Wildman–Crippen MR) is 109 cm³/mol. The smallest absolute Gasteiger partial charge is 0.410 e. The Balaban J connectivity index is 1.57. The fourth-order valence-corrected chi connectivity index (χ4v) is 3.15. The number of nitrogens with one attached hydrogen (secondary N) is 2. The maximum Gasteiger partial charge on any atom is 0.410 e. The second kappa shape index (κ2) is 8.55. The molecule has 8 heteroatoms. The van der Waals surface area contributed by atoms with Gasteiger partial charge < -0.3 is 19.7 Å². The number of H-pyrrole nitrogens is 1. The maximum absolute atomic E-state index is 12.3. The maximum atomic E-state index is 12.3. The van der Waals surface area contributed by atoms with Gasteiger partial charge in [0.2, 0.25) is 0 Å². The summed E-state index contributed by atoms with van der Waals surface area (Å²) in [7, 11) is 0. The normalized spacial score (nSPS) is 13.6. The molecule has 0 bridgehead atoms. The number of amides is 2. The SMILES string of the molecule is CCc1ccccc1OCC(=O)Nc1n[nH]c2c1CCN(C(=O)OC(C)(C)C)C2. The van der Waals surface area contributed by atoms with E-state index >= 15 is 0 Å². The number of aromatic amines is 1. The van der Waals surface area contributed by atoms with E-state index in [0.717, 1.165) is 23.2 Å². The molecule has 2 heterocycles. The van der Waals surface area contributed by atoms with Gasteiger partial charge in [0.1, 0.15) is 11.4 Å². The van der Waals surface area contributed by atoms with Gasteiger partial charge in [0.15, 0.2) is 12.4 Å². The molecule has 2 aromatic rings. The molecule has 1 aromatic carbocycles. The number of hydrogen-bond acceptors (Lipinski definition) is 5. The standard InChI is InChI=1S/C21H28N4O4/c1-5-14-8-6-7-9-17(14)28-13-18(26)22-19-15-10-11-25(12-16(15)23-24-19)20(27)29-21(2,3)4/h6-9H,5,10-13H2,1-4H3,(H2,22,23,24,26). The molecule has 2 amide bonds. The average Bonchev–Trinajstić information content (AvgIpc) is 3.07. The first-order chi connectivity index (χ1) is 13.8.